The summed E-state index contributed by atoms with van der Waals surface area (Å²) < 4.78 is 0. The van der Waals surface area contributed by atoms with Gasteiger partial charge in [-0.15, -0.1) is 0 Å². The molecule has 2 unspecified atom stereocenters. The maximum Gasteiger partial charge on any atom is 0.308 e. The van der Waals surface area contributed by atoms with E-state index in [-0.39, 0.29) is 18.0 Å². The standard InChI is InChI=1S/C12H16N2O2/c1-8(10-4-2-3-7-13-10)14-11-6-5-9(11)12(15)16/h2-4,7-9,11,14H,5-6H2,1H3,(H,15,16)/t8-,9?,11?/m1/s1. The predicted octanol–water partition coefficient (Wildman–Crippen LogP) is 1.60. The van der Waals surface area contributed by atoms with Crippen LogP contribution in [0.15, 0.2) is 24.4 Å². The summed E-state index contributed by atoms with van der Waals surface area (Å²) in [6.07, 6.45) is 3.47. The van der Waals surface area contributed by atoms with Crippen LogP contribution in [0.25, 0.3) is 0 Å². The molecule has 0 saturated heterocycles. The topological polar surface area (TPSA) is 62.2 Å². The summed E-state index contributed by atoms with van der Waals surface area (Å²) in [4.78, 5) is 15.1. The Kier molecular flexibility index (Phi) is 3.19. The number of aliphatic carboxylic acids is 1. The van der Waals surface area contributed by atoms with Crippen molar-refractivity contribution in [2.45, 2.75) is 31.8 Å². The van der Waals surface area contributed by atoms with Gasteiger partial charge in [0.25, 0.3) is 0 Å². The first kappa shape index (κ1) is 11.1. The van der Waals surface area contributed by atoms with Crippen molar-refractivity contribution >= 4 is 5.97 Å². The Bertz CT molecular complexity index is 367. The lowest BCUT2D eigenvalue weighted by molar-refractivity contribution is -0.146. The lowest BCUT2D eigenvalue weighted by atomic mass is 9.79. The number of hydrogen-bond donors (Lipinski definition) is 2. The molecule has 1 aliphatic carbocycles. The summed E-state index contributed by atoms with van der Waals surface area (Å²) in [7, 11) is 0. The van der Waals surface area contributed by atoms with Gasteiger partial charge in [-0.05, 0) is 31.9 Å². The smallest absolute Gasteiger partial charge is 0.308 e. The number of aromatic nitrogens is 1. The van der Waals surface area contributed by atoms with Crippen LogP contribution in [0, 0.1) is 5.92 Å². The number of carbonyl (C=O) groups is 1. The number of hydrogen-bond acceptors (Lipinski definition) is 3. The van der Waals surface area contributed by atoms with E-state index in [1.165, 1.54) is 0 Å². The molecule has 16 heavy (non-hydrogen) atoms. The Morgan fingerprint density at radius 3 is 2.88 bits per heavy atom. The average molecular weight is 220 g/mol. The van der Waals surface area contributed by atoms with Crippen LogP contribution in [0.5, 0.6) is 0 Å². The van der Waals surface area contributed by atoms with Crippen LogP contribution in [-0.4, -0.2) is 22.1 Å². The van der Waals surface area contributed by atoms with Gasteiger partial charge in [0, 0.05) is 18.3 Å². The summed E-state index contributed by atoms with van der Waals surface area (Å²) >= 11 is 0. The largest absolute Gasteiger partial charge is 0.481 e. The molecular formula is C12H16N2O2. The van der Waals surface area contributed by atoms with Gasteiger partial charge in [0.15, 0.2) is 0 Å². The second-order valence-electron chi connectivity index (χ2n) is 4.27. The minimum absolute atomic E-state index is 0.0921. The van der Waals surface area contributed by atoms with Crippen LogP contribution in [0.1, 0.15) is 31.5 Å². The minimum Gasteiger partial charge on any atom is -0.481 e. The number of carboxylic acids is 1. The van der Waals surface area contributed by atoms with Gasteiger partial charge in [-0.1, -0.05) is 6.07 Å². The molecule has 0 amide bonds. The Morgan fingerprint density at radius 2 is 2.38 bits per heavy atom. The molecule has 0 aliphatic heterocycles. The fraction of sp³-hybridized carbons (Fsp3) is 0.500. The third kappa shape index (κ3) is 2.22. The van der Waals surface area contributed by atoms with Gasteiger partial charge in [0.05, 0.1) is 11.6 Å². The van der Waals surface area contributed by atoms with Crippen LogP contribution >= 0.6 is 0 Å². The number of pyridine rings is 1. The van der Waals surface area contributed by atoms with Crippen LogP contribution in [-0.2, 0) is 4.79 Å². The highest BCUT2D eigenvalue weighted by molar-refractivity contribution is 5.72. The van der Waals surface area contributed by atoms with Crippen molar-refractivity contribution in [2.24, 2.45) is 5.92 Å². The van der Waals surface area contributed by atoms with Gasteiger partial charge in [0.1, 0.15) is 0 Å². The molecule has 1 aliphatic rings. The monoisotopic (exact) mass is 220 g/mol. The molecule has 1 aromatic rings. The predicted molar refractivity (Wildman–Crippen MR) is 59.9 cm³/mol. The number of nitrogens with one attached hydrogen (secondary N) is 1. The Morgan fingerprint density at radius 1 is 1.56 bits per heavy atom. The summed E-state index contributed by atoms with van der Waals surface area (Å²) in [5.41, 5.74) is 0.957. The van der Waals surface area contributed by atoms with Gasteiger partial charge in [-0.25, -0.2) is 0 Å². The van der Waals surface area contributed by atoms with E-state index in [1.54, 1.807) is 6.20 Å². The summed E-state index contributed by atoms with van der Waals surface area (Å²) in [6, 6.07) is 5.96. The van der Waals surface area contributed by atoms with E-state index < -0.39 is 5.97 Å². The third-order valence-electron chi connectivity index (χ3n) is 3.19. The van der Waals surface area contributed by atoms with Gasteiger partial charge in [0.2, 0.25) is 0 Å². The van der Waals surface area contributed by atoms with Gasteiger partial charge in [-0.3, -0.25) is 9.78 Å². The third-order valence-corrected chi connectivity index (χ3v) is 3.19. The molecule has 1 aromatic heterocycles. The van der Waals surface area contributed by atoms with E-state index in [4.69, 9.17) is 5.11 Å². The normalized spacial score (nSPS) is 25.8. The number of nitrogens with zero attached hydrogens (tertiary/aromatic N) is 1. The van der Waals surface area contributed by atoms with Crippen molar-refractivity contribution < 1.29 is 9.90 Å². The van der Waals surface area contributed by atoms with Gasteiger partial charge in [-0.2, -0.15) is 0 Å². The molecule has 1 saturated carbocycles. The zero-order valence-corrected chi connectivity index (χ0v) is 9.26. The Hall–Kier alpha value is -1.42. The van der Waals surface area contributed by atoms with Crippen LogP contribution < -0.4 is 5.32 Å². The van der Waals surface area contributed by atoms with E-state index in [2.05, 4.69) is 10.3 Å². The zero-order chi connectivity index (χ0) is 11.5. The maximum atomic E-state index is 10.9. The highest BCUT2D eigenvalue weighted by Gasteiger charge is 2.37. The van der Waals surface area contributed by atoms with Crippen molar-refractivity contribution in [1.82, 2.24) is 10.3 Å². The van der Waals surface area contributed by atoms with Crippen molar-refractivity contribution in [3.63, 3.8) is 0 Å². The van der Waals surface area contributed by atoms with Gasteiger partial charge < -0.3 is 10.4 Å². The van der Waals surface area contributed by atoms with Crippen LogP contribution in [0.4, 0.5) is 0 Å². The molecule has 86 valence electrons. The molecule has 0 radical (unpaired) electrons. The van der Waals surface area contributed by atoms with Gasteiger partial charge >= 0.3 is 5.97 Å². The highest BCUT2D eigenvalue weighted by atomic mass is 16.4. The van der Waals surface area contributed by atoms with Crippen LogP contribution in [0.3, 0.4) is 0 Å². The highest BCUT2D eigenvalue weighted by Crippen LogP contribution is 2.29. The summed E-state index contributed by atoms with van der Waals surface area (Å²) in [6.45, 7) is 2.01. The lowest BCUT2D eigenvalue weighted by Gasteiger charge is -2.36. The fourth-order valence-corrected chi connectivity index (χ4v) is 2.03. The zero-order valence-electron chi connectivity index (χ0n) is 9.26. The fourth-order valence-electron chi connectivity index (χ4n) is 2.03. The summed E-state index contributed by atoms with van der Waals surface area (Å²) in [5, 5.41) is 12.3. The number of carboxylic acid groups (broad SMARTS) is 1. The first-order valence-corrected chi connectivity index (χ1v) is 5.58. The van der Waals surface area contributed by atoms with Crippen LogP contribution in [0.2, 0.25) is 0 Å². The SMILES string of the molecule is C[C@@H](NC1CCC1C(=O)O)c1ccccn1. The molecule has 0 bridgehead atoms. The molecule has 2 N–H and O–H groups in total. The molecule has 2 rings (SSSR count). The van der Waals surface area contributed by atoms with E-state index in [1.807, 2.05) is 25.1 Å². The molecule has 0 spiro atoms. The van der Waals surface area contributed by atoms with E-state index >= 15 is 0 Å². The van der Waals surface area contributed by atoms with Crippen molar-refractivity contribution in [1.29, 1.82) is 0 Å². The first-order chi connectivity index (χ1) is 7.68. The van der Waals surface area contributed by atoms with Crippen molar-refractivity contribution in [3.8, 4) is 0 Å². The molecular weight excluding hydrogens is 204 g/mol. The average Bonchev–Trinajstić information content (AvgIpc) is 2.24. The van der Waals surface area contributed by atoms with Crippen molar-refractivity contribution in [2.75, 3.05) is 0 Å². The molecule has 1 heterocycles. The van der Waals surface area contributed by atoms with Crippen molar-refractivity contribution in [3.05, 3.63) is 30.1 Å². The van der Waals surface area contributed by atoms with E-state index in [9.17, 15) is 4.79 Å². The Balaban J connectivity index is 1.93. The Labute approximate surface area is 94.7 Å². The second-order valence-corrected chi connectivity index (χ2v) is 4.27. The molecule has 0 aromatic carbocycles. The number of rotatable bonds is 4. The molecule has 3 atom stereocenters. The lowest BCUT2D eigenvalue weighted by Crippen LogP contribution is -2.48. The summed E-state index contributed by atoms with van der Waals surface area (Å²) in [5.74, 6) is -0.928. The quantitative estimate of drug-likeness (QED) is 0.809. The minimum atomic E-state index is -0.697. The maximum absolute atomic E-state index is 10.9. The molecule has 4 nitrogen and oxygen atoms in total. The molecule has 4 heteroatoms. The van der Waals surface area contributed by atoms with E-state index in [0.29, 0.717) is 0 Å². The van der Waals surface area contributed by atoms with E-state index in [0.717, 1.165) is 18.5 Å². The second kappa shape index (κ2) is 4.61. The molecule has 1 fully saturated rings. The first-order valence-electron chi connectivity index (χ1n) is 5.58.